The average Bonchev–Trinajstić information content (AvgIpc) is 2.11. The lowest BCUT2D eigenvalue weighted by Crippen LogP contribution is -2.40. The molecule has 0 aliphatic carbocycles. The molecule has 0 saturated carbocycles. The Labute approximate surface area is 84.1 Å². The van der Waals surface area contributed by atoms with Crippen molar-refractivity contribution in [3.05, 3.63) is 0 Å². The topological polar surface area (TPSA) is 78.8 Å². The van der Waals surface area contributed by atoms with Crippen molar-refractivity contribution in [2.75, 3.05) is 19.8 Å². The van der Waals surface area contributed by atoms with E-state index in [1.807, 2.05) is 6.92 Å². The van der Waals surface area contributed by atoms with Crippen molar-refractivity contribution in [1.29, 1.82) is 0 Å². The molecule has 84 valence electrons. The third kappa shape index (κ3) is 6.68. The molecule has 14 heavy (non-hydrogen) atoms. The van der Waals surface area contributed by atoms with Gasteiger partial charge >= 0.3 is 6.09 Å². The number of nitrogens with one attached hydrogen (secondary N) is 1. The Kier molecular flexibility index (Phi) is 6.23. The Morgan fingerprint density at radius 1 is 1.57 bits per heavy atom. The van der Waals surface area contributed by atoms with Gasteiger partial charge in [0, 0.05) is 6.54 Å². The van der Waals surface area contributed by atoms with Gasteiger partial charge in [-0.3, -0.25) is 0 Å². The SMILES string of the molecule is CCCC(C)(O)CNC(=O)OCCO. The van der Waals surface area contributed by atoms with Crippen LogP contribution in [0, 0.1) is 0 Å². The summed E-state index contributed by atoms with van der Waals surface area (Å²) in [5.41, 5.74) is -0.896. The quantitative estimate of drug-likeness (QED) is 0.581. The van der Waals surface area contributed by atoms with E-state index in [-0.39, 0.29) is 19.8 Å². The van der Waals surface area contributed by atoms with Crippen molar-refractivity contribution in [3.63, 3.8) is 0 Å². The first-order chi connectivity index (χ1) is 6.52. The van der Waals surface area contributed by atoms with E-state index in [4.69, 9.17) is 5.11 Å². The van der Waals surface area contributed by atoms with Gasteiger partial charge in [0.15, 0.2) is 0 Å². The number of alkyl carbamates (subject to hydrolysis) is 1. The fourth-order valence-corrected chi connectivity index (χ4v) is 1.08. The number of carbonyl (C=O) groups excluding carboxylic acids is 1. The molecule has 0 heterocycles. The predicted molar refractivity (Wildman–Crippen MR) is 52.0 cm³/mol. The number of amides is 1. The van der Waals surface area contributed by atoms with Crippen molar-refractivity contribution < 1.29 is 19.7 Å². The Morgan fingerprint density at radius 2 is 2.21 bits per heavy atom. The van der Waals surface area contributed by atoms with Crippen LogP contribution in [-0.2, 0) is 4.74 Å². The standard InChI is InChI=1S/C9H19NO4/c1-3-4-9(2,13)7-10-8(12)14-6-5-11/h11,13H,3-7H2,1-2H3,(H,10,12). The molecule has 5 heteroatoms. The highest BCUT2D eigenvalue weighted by molar-refractivity contribution is 5.67. The highest BCUT2D eigenvalue weighted by Gasteiger charge is 2.19. The second-order valence-electron chi connectivity index (χ2n) is 3.46. The Bertz CT molecular complexity index is 170. The van der Waals surface area contributed by atoms with Gasteiger partial charge in [0.25, 0.3) is 0 Å². The molecule has 1 amide bonds. The molecule has 0 aromatic rings. The van der Waals surface area contributed by atoms with Gasteiger partial charge in [-0.25, -0.2) is 4.79 Å². The lowest BCUT2D eigenvalue weighted by molar-refractivity contribution is 0.0460. The first kappa shape index (κ1) is 13.2. The minimum atomic E-state index is -0.896. The average molecular weight is 205 g/mol. The minimum Gasteiger partial charge on any atom is -0.447 e. The van der Waals surface area contributed by atoms with Gasteiger partial charge in [0.05, 0.1) is 12.2 Å². The van der Waals surface area contributed by atoms with Gasteiger partial charge < -0.3 is 20.3 Å². The van der Waals surface area contributed by atoms with Crippen molar-refractivity contribution >= 4 is 6.09 Å². The van der Waals surface area contributed by atoms with Crippen LogP contribution in [0.1, 0.15) is 26.7 Å². The zero-order chi connectivity index (χ0) is 11.0. The maximum Gasteiger partial charge on any atom is 0.407 e. The second kappa shape index (κ2) is 6.62. The van der Waals surface area contributed by atoms with Crippen LogP contribution in [0.15, 0.2) is 0 Å². The van der Waals surface area contributed by atoms with E-state index < -0.39 is 11.7 Å². The van der Waals surface area contributed by atoms with Gasteiger partial charge in [0.2, 0.25) is 0 Å². The summed E-state index contributed by atoms with van der Waals surface area (Å²) in [6.07, 6.45) is 0.851. The van der Waals surface area contributed by atoms with Gasteiger partial charge in [0.1, 0.15) is 6.61 Å². The highest BCUT2D eigenvalue weighted by atomic mass is 16.6. The third-order valence-corrected chi connectivity index (χ3v) is 1.73. The van der Waals surface area contributed by atoms with Crippen LogP contribution in [0.3, 0.4) is 0 Å². The molecule has 1 atom stereocenters. The van der Waals surface area contributed by atoms with Crippen LogP contribution in [-0.4, -0.2) is 41.7 Å². The molecule has 0 radical (unpaired) electrons. The van der Waals surface area contributed by atoms with E-state index >= 15 is 0 Å². The first-order valence-electron chi connectivity index (χ1n) is 4.75. The lowest BCUT2D eigenvalue weighted by atomic mass is 10.0. The van der Waals surface area contributed by atoms with Crippen molar-refractivity contribution in [2.24, 2.45) is 0 Å². The Morgan fingerprint density at radius 3 is 2.71 bits per heavy atom. The molecule has 0 aromatic heterocycles. The number of hydrogen-bond acceptors (Lipinski definition) is 4. The number of hydrogen-bond donors (Lipinski definition) is 3. The maximum atomic E-state index is 10.9. The third-order valence-electron chi connectivity index (χ3n) is 1.73. The molecule has 0 aliphatic heterocycles. The number of aliphatic hydroxyl groups is 2. The second-order valence-corrected chi connectivity index (χ2v) is 3.46. The number of ether oxygens (including phenoxy) is 1. The van der Waals surface area contributed by atoms with E-state index in [1.165, 1.54) is 0 Å². The Hall–Kier alpha value is -0.810. The fraction of sp³-hybridized carbons (Fsp3) is 0.889. The van der Waals surface area contributed by atoms with Crippen LogP contribution < -0.4 is 5.32 Å². The van der Waals surface area contributed by atoms with Crippen LogP contribution in [0.2, 0.25) is 0 Å². The van der Waals surface area contributed by atoms with Crippen molar-refractivity contribution in [1.82, 2.24) is 5.32 Å². The van der Waals surface area contributed by atoms with Crippen molar-refractivity contribution in [3.8, 4) is 0 Å². The molecule has 0 spiro atoms. The summed E-state index contributed by atoms with van der Waals surface area (Å²) in [5.74, 6) is 0. The van der Waals surface area contributed by atoms with E-state index in [2.05, 4.69) is 10.1 Å². The molecule has 1 unspecified atom stereocenters. The zero-order valence-electron chi connectivity index (χ0n) is 8.75. The van der Waals surface area contributed by atoms with Gasteiger partial charge in [-0.2, -0.15) is 0 Å². The monoisotopic (exact) mass is 205 g/mol. The number of rotatable bonds is 6. The van der Waals surface area contributed by atoms with Crippen LogP contribution in [0.4, 0.5) is 4.79 Å². The summed E-state index contributed by atoms with van der Waals surface area (Å²) in [6, 6.07) is 0. The lowest BCUT2D eigenvalue weighted by Gasteiger charge is -2.22. The van der Waals surface area contributed by atoms with Gasteiger partial charge in [-0.15, -0.1) is 0 Å². The maximum absolute atomic E-state index is 10.9. The van der Waals surface area contributed by atoms with E-state index in [0.717, 1.165) is 6.42 Å². The zero-order valence-corrected chi connectivity index (χ0v) is 8.75. The summed E-state index contributed by atoms with van der Waals surface area (Å²) in [4.78, 5) is 10.9. The Balaban J connectivity index is 3.64. The molecular formula is C9H19NO4. The molecule has 5 nitrogen and oxygen atoms in total. The summed E-state index contributed by atoms with van der Waals surface area (Å²) in [5, 5.41) is 20.5. The molecule has 0 rings (SSSR count). The molecule has 0 aromatic carbocycles. The highest BCUT2D eigenvalue weighted by Crippen LogP contribution is 2.09. The van der Waals surface area contributed by atoms with Crippen LogP contribution >= 0.6 is 0 Å². The number of carbonyl (C=O) groups is 1. The van der Waals surface area contributed by atoms with E-state index in [1.54, 1.807) is 6.92 Å². The van der Waals surface area contributed by atoms with E-state index in [9.17, 15) is 9.90 Å². The van der Waals surface area contributed by atoms with Gasteiger partial charge in [-0.1, -0.05) is 13.3 Å². The predicted octanol–water partition coefficient (Wildman–Crippen LogP) is 0.256. The summed E-state index contributed by atoms with van der Waals surface area (Å²) in [7, 11) is 0. The first-order valence-corrected chi connectivity index (χ1v) is 4.75. The largest absolute Gasteiger partial charge is 0.447 e. The summed E-state index contributed by atoms with van der Waals surface area (Å²) < 4.78 is 4.55. The molecule has 3 N–H and O–H groups in total. The normalized spacial score (nSPS) is 14.6. The fourth-order valence-electron chi connectivity index (χ4n) is 1.08. The van der Waals surface area contributed by atoms with E-state index in [0.29, 0.717) is 6.42 Å². The molecule has 0 fully saturated rings. The smallest absolute Gasteiger partial charge is 0.407 e. The molecular weight excluding hydrogens is 186 g/mol. The van der Waals surface area contributed by atoms with Crippen LogP contribution in [0.25, 0.3) is 0 Å². The minimum absolute atomic E-state index is 0.0260. The van der Waals surface area contributed by atoms with Crippen LogP contribution in [0.5, 0.6) is 0 Å². The summed E-state index contributed by atoms with van der Waals surface area (Å²) >= 11 is 0. The molecule has 0 aliphatic rings. The molecule has 0 bridgehead atoms. The number of aliphatic hydroxyl groups excluding tert-OH is 1. The van der Waals surface area contributed by atoms with Crippen molar-refractivity contribution in [2.45, 2.75) is 32.3 Å². The summed E-state index contributed by atoms with van der Waals surface area (Å²) in [6.45, 7) is 3.55. The van der Waals surface area contributed by atoms with Gasteiger partial charge in [-0.05, 0) is 13.3 Å². The molecule has 0 saturated heterocycles.